The summed E-state index contributed by atoms with van der Waals surface area (Å²) >= 11 is 0. The quantitative estimate of drug-likeness (QED) is 0.337. The predicted molar refractivity (Wildman–Crippen MR) is 112 cm³/mol. The summed E-state index contributed by atoms with van der Waals surface area (Å²) in [5.41, 5.74) is 1.57. The Kier molecular flexibility index (Phi) is 5.30. The third-order valence-corrected chi connectivity index (χ3v) is 6.18. The van der Waals surface area contributed by atoms with Crippen molar-refractivity contribution in [2.45, 2.75) is 76.8 Å². The van der Waals surface area contributed by atoms with Crippen LogP contribution in [0.15, 0.2) is 51.2 Å². The number of hydrogen-bond acceptors (Lipinski definition) is 5. The average molecular weight is 398 g/mol. The molecule has 3 heterocycles. The highest BCUT2D eigenvalue weighted by molar-refractivity contribution is 5.77. The molecule has 156 valence electrons. The van der Waals surface area contributed by atoms with E-state index >= 15 is 0 Å². The van der Waals surface area contributed by atoms with Crippen molar-refractivity contribution >= 4 is 11.0 Å². The fourth-order valence-electron chi connectivity index (χ4n) is 3.90. The fourth-order valence-corrected chi connectivity index (χ4v) is 3.90. The van der Waals surface area contributed by atoms with E-state index in [1.165, 1.54) is 11.6 Å². The molecule has 2 saturated heterocycles. The highest BCUT2D eigenvalue weighted by Crippen LogP contribution is 2.47. The van der Waals surface area contributed by atoms with Crippen molar-refractivity contribution in [3.63, 3.8) is 0 Å². The summed E-state index contributed by atoms with van der Waals surface area (Å²) in [6, 6.07) is 8.71. The molecule has 0 amide bonds. The number of rotatable bonds is 9. The molecule has 0 radical (unpaired) electrons. The Hall–Kier alpha value is -2.11. The molecule has 0 spiro atoms. The molecule has 5 heteroatoms. The second-order valence-corrected chi connectivity index (χ2v) is 9.02. The van der Waals surface area contributed by atoms with Gasteiger partial charge in [-0.3, -0.25) is 0 Å². The Labute approximate surface area is 171 Å². The molecular formula is C24H30O5. The standard InChI is InChI=1S/C24H30O5/c1-16(5-9-21-24(4,29-21)13-11-20-23(2,3)28-20)12-14-26-18-8-6-17-7-10-22(25)27-19(17)15-18/h6-8,10,12,15,20-21H,5,9,11,13-14H2,1-4H3/b16-12+. The van der Waals surface area contributed by atoms with Crippen molar-refractivity contribution in [2.75, 3.05) is 6.61 Å². The molecule has 2 fully saturated rings. The first-order valence-corrected chi connectivity index (χ1v) is 10.4. The number of fused-ring (bicyclic) bond motifs is 1. The third kappa shape index (κ3) is 4.90. The fraction of sp³-hybridized carbons (Fsp3) is 0.542. The van der Waals surface area contributed by atoms with Crippen LogP contribution < -0.4 is 10.4 Å². The Balaban J connectivity index is 1.20. The van der Waals surface area contributed by atoms with Crippen LogP contribution in [-0.2, 0) is 9.47 Å². The maximum atomic E-state index is 11.3. The van der Waals surface area contributed by atoms with E-state index in [0.29, 0.717) is 30.1 Å². The van der Waals surface area contributed by atoms with E-state index in [2.05, 4.69) is 33.8 Å². The summed E-state index contributed by atoms with van der Waals surface area (Å²) in [7, 11) is 0. The molecule has 0 N–H and O–H groups in total. The van der Waals surface area contributed by atoms with Crippen LogP contribution in [0.4, 0.5) is 0 Å². The van der Waals surface area contributed by atoms with Gasteiger partial charge < -0.3 is 18.6 Å². The van der Waals surface area contributed by atoms with Gasteiger partial charge in [-0.15, -0.1) is 0 Å². The van der Waals surface area contributed by atoms with Gasteiger partial charge in [-0.1, -0.05) is 5.57 Å². The zero-order valence-electron chi connectivity index (χ0n) is 17.7. The number of ether oxygens (including phenoxy) is 3. The van der Waals surface area contributed by atoms with Crippen molar-refractivity contribution < 1.29 is 18.6 Å². The van der Waals surface area contributed by atoms with E-state index in [4.69, 9.17) is 18.6 Å². The lowest BCUT2D eigenvalue weighted by atomic mass is 9.94. The minimum absolute atomic E-state index is 0.0216. The monoisotopic (exact) mass is 398 g/mol. The van der Waals surface area contributed by atoms with Crippen LogP contribution in [0.25, 0.3) is 11.0 Å². The topological polar surface area (TPSA) is 64.5 Å². The van der Waals surface area contributed by atoms with Gasteiger partial charge in [-0.2, -0.15) is 0 Å². The molecule has 0 bridgehead atoms. The van der Waals surface area contributed by atoms with Gasteiger partial charge in [0.05, 0.1) is 23.4 Å². The first-order chi connectivity index (χ1) is 13.7. The summed E-state index contributed by atoms with van der Waals surface area (Å²) in [4.78, 5) is 11.3. The highest BCUT2D eigenvalue weighted by Gasteiger charge is 2.54. The highest BCUT2D eigenvalue weighted by atomic mass is 16.6. The molecule has 2 aliphatic rings. The van der Waals surface area contributed by atoms with Crippen LogP contribution in [0.1, 0.15) is 53.4 Å². The molecule has 0 aliphatic carbocycles. The molecule has 3 atom stereocenters. The summed E-state index contributed by atoms with van der Waals surface area (Å²) in [5, 5.41) is 0.882. The summed E-state index contributed by atoms with van der Waals surface area (Å²) in [5.74, 6) is 0.694. The minimum Gasteiger partial charge on any atom is -0.489 e. The van der Waals surface area contributed by atoms with Crippen molar-refractivity contribution in [3.05, 3.63) is 52.4 Å². The SMILES string of the molecule is C/C(=C\COc1ccc2ccc(=O)oc2c1)CCC1OC1(C)CCC1OC1(C)C. The Bertz CT molecular complexity index is 973. The van der Waals surface area contributed by atoms with Crippen molar-refractivity contribution in [3.8, 4) is 5.75 Å². The van der Waals surface area contributed by atoms with Gasteiger partial charge in [0.2, 0.25) is 0 Å². The van der Waals surface area contributed by atoms with Crippen molar-refractivity contribution in [2.24, 2.45) is 0 Å². The van der Waals surface area contributed by atoms with Gasteiger partial charge in [0.25, 0.3) is 0 Å². The second-order valence-electron chi connectivity index (χ2n) is 9.02. The lowest BCUT2D eigenvalue weighted by Crippen LogP contribution is -2.13. The molecule has 29 heavy (non-hydrogen) atoms. The van der Waals surface area contributed by atoms with E-state index in [1.807, 2.05) is 12.1 Å². The zero-order chi connectivity index (χ0) is 20.6. The molecule has 2 aromatic rings. The predicted octanol–water partition coefficient (Wildman–Crippen LogP) is 5.01. The molecule has 1 aromatic heterocycles. The number of allylic oxidation sites excluding steroid dienone is 1. The first-order valence-electron chi connectivity index (χ1n) is 10.4. The normalized spacial score (nSPS) is 27.8. The first kappa shape index (κ1) is 20.2. The Morgan fingerprint density at radius 3 is 2.62 bits per heavy atom. The van der Waals surface area contributed by atoms with Crippen molar-refractivity contribution in [1.82, 2.24) is 0 Å². The van der Waals surface area contributed by atoms with Gasteiger partial charge in [0.15, 0.2) is 0 Å². The minimum atomic E-state index is -0.354. The maximum absolute atomic E-state index is 11.3. The Morgan fingerprint density at radius 2 is 1.86 bits per heavy atom. The lowest BCUT2D eigenvalue weighted by molar-refractivity contribution is 0.274. The molecular weight excluding hydrogens is 368 g/mol. The van der Waals surface area contributed by atoms with E-state index in [1.54, 1.807) is 12.1 Å². The number of epoxide rings is 2. The van der Waals surface area contributed by atoms with Gasteiger partial charge in [0, 0.05) is 17.5 Å². The van der Waals surface area contributed by atoms with E-state index in [-0.39, 0.29) is 16.8 Å². The van der Waals surface area contributed by atoms with Crippen LogP contribution in [0.2, 0.25) is 0 Å². The third-order valence-electron chi connectivity index (χ3n) is 6.18. The molecule has 1 aromatic carbocycles. The van der Waals surface area contributed by atoms with Crippen LogP contribution in [0.3, 0.4) is 0 Å². The molecule has 2 aliphatic heterocycles. The van der Waals surface area contributed by atoms with Crippen LogP contribution in [0.5, 0.6) is 5.75 Å². The molecule has 5 nitrogen and oxygen atoms in total. The average Bonchev–Trinajstić information content (AvgIpc) is 3.52. The number of hydrogen-bond donors (Lipinski definition) is 0. The van der Waals surface area contributed by atoms with Gasteiger partial charge >= 0.3 is 5.63 Å². The smallest absolute Gasteiger partial charge is 0.336 e. The number of benzene rings is 1. The van der Waals surface area contributed by atoms with Crippen LogP contribution in [-0.4, -0.2) is 30.0 Å². The summed E-state index contributed by atoms with van der Waals surface area (Å²) in [6.45, 7) is 9.13. The van der Waals surface area contributed by atoms with E-state index < -0.39 is 0 Å². The largest absolute Gasteiger partial charge is 0.489 e. The molecule has 4 rings (SSSR count). The van der Waals surface area contributed by atoms with Gasteiger partial charge in [-0.25, -0.2) is 4.79 Å². The zero-order valence-corrected chi connectivity index (χ0v) is 17.7. The Morgan fingerprint density at radius 1 is 1.10 bits per heavy atom. The summed E-state index contributed by atoms with van der Waals surface area (Å²) < 4.78 is 22.6. The van der Waals surface area contributed by atoms with Gasteiger partial charge in [0.1, 0.15) is 17.9 Å². The van der Waals surface area contributed by atoms with Crippen LogP contribution >= 0.6 is 0 Å². The second kappa shape index (κ2) is 7.62. The molecule has 0 saturated carbocycles. The maximum Gasteiger partial charge on any atom is 0.336 e. The van der Waals surface area contributed by atoms with E-state index in [9.17, 15) is 4.79 Å². The summed E-state index contributed by atoms with van der Waals surface area (Å²) in [6.07, 6.45) is 7.02. The van der Waals surface area contributed by atoms with Gasteiger partial charge in [-0.05, 0) is 77.7 Å². The van der Waals surface area contributed by atoms with E-state index in [0.717, 1.165) is 31.1 Å². The van der Waals surface area contributed by atoms with Crippen molar-refractivity contribution in [1.29, 1.82) is 0 Å². The lowest BCUT2D eigenvalue weighted by Gasteiger charge is -2.07. The molecule has 3 unspecified atom stereocenters. The van der Waals surface area contributed by atoms with Crippen LogP contribution in [0, 0.1) is 0 Å².